The monoisotopic (exact) mass is 279 g/mol. The maximum absolute atomic E-state index is 11.7. The Morgan fingerprint density at radius 1 is 1.45 bits per heavy atom. The Kier molecular flexibility index (Phi) is 4.85. The van der Waals surface area contributed by atoms with E-state index in [0.29, 0.717) is 39.4 Å². The minimum atomic E-state index is -0.593. The smallest absolute Gasteiger partial charge is 0.409 e. The summed E-state index contributed by atoms with van der Waals surface area (Å²) in [5.41, 5.74) is -0.593. The summed E-state index contributed by atoms with van der Waals surface area (Å²) in [7, 11) is 0. The number of hydrogen-bond donors (Lipinski definition) is 0. The number of rotatable bonds is 2. The van der Waals surface area contributed by atoms with Gasteiger partial charge in [-0.1, -0.05) is 0 Å². The number of carbonyl (C=O) groups excluding carboxylic acids is 1. The highest BCUT2D eigenvalue weighted by Crippen LogP contribution is 2.28. The summed E-state index contributed by atoms with van der Waals surface area (Å²) in [6, 6.07) is 0. The van der Waals surface area contributed by atoms with Gasteiger partial charge in [0.15, 0.2) is 6.61 Å². The van der Waals surface area contributed by atoms with Crippen LogP contribution < -0.4 is 0 Å². The van der Waals surface area contributed by atoms with Gasteiger partial charge in [-0.2, -0.15) is 0 Å². The van der Waals surface area contributed by atoms with E-state index in [1.807, 2.05) is 6.08 Å². The minimum Gasteiger partial charge on any atom is -0.491 e. The third kappa shape index (κ3) is 3.05. The van der Waals surface area contributed by atoms with Gasteiger partial charge in [-0.25, -0.2) is 16.3 Å². The summed E-state index contributed by atoms with van der Waals surface area (Å²) in [6.07, 6.45) is 5.00. The highest BCUT2D eigenvalue weighted by molar-refractivity contribution is 5.67. The lowest BCUT2D eigenvalue weighted by Crippen LogP contribution is -2.58. The molecular formula is C14H21N3O3. The first-order valence-electron chi connectivity index (χ1n) is 7.04. The number of carbonyl (C=O) groups is 1. The quantitative estimate of drug-likeness (QED) is 0.722. The average Bonchev–Trinajstić information content (AvgIpc) is 2.74. The first-order chi connectivity index (χ1) is 9.72. The van der Waals surface area contributed by atoms with Crippen LogP contribution in [0.3, 0.4) is 0 Å². The first-order valence-corrected chi connectivity index (χ1v) is 7.04. The zero-order chi connectivity index (χ0) is 14.4. The summed E-state index contributed by atoms with van der Waals surface area (Å²) in [4.78, 5) is 19.4. The lowest BCUT2D eigenvalue weighted by molar-refractivity contribution is 0.0139. The molecule has 20 heavy (non-hydrogen) atoms. The molecule has 2 rings (SSSR count). The van der Waals surface area contributed by atoms with Crippen LogP contribution in [0.25, 0.3) is 4.85 Å². The number of hydrogen-bond acceptors (Lipinski definition) is 4. The molecule has 1 atom stereocenters. The maximum Gasteiger partial charge on any atom is 0.409 e. The molecular weight excluding hydrogens is 258 g/mol. The van der Waals surface area contributed by atoms with E-state index in [9.17, 15) is 4.79 Å². The molecule has 0 aromatic carbocycles. The largest absolute Gasteiger partial charge is 0.491 e. The molecule has 2 aliphatic heterocycles. The molecule has 1 saturated heterocycles. The van der Waals surface area contributed by atoms with Gasteiger partial charge in [0.25, 0.3) is 0 Å². The van der Waals surface area contributed by atoms with Gasteiger partial charge in [0, 0.05) is 32.6 Å². The summed E-state index contributed by atoms with van der Waals surface area (Å²) >= 11 is 0. The lowest BCUT2D eigenvalue weighted by Gasteiger charge is -2.39. The van der Waals surface area contributed by atoms with Gasteiger partial charge in [-0.3, -0.25) is 4.85 Å². The van der Waals surface area contributed by atoms with Crippen molar-refractivity contribution in [2.24, 2.45) is 0 Å². The fourth-order valence-electron chi connectivity index (χ4n) is 2.63. The second kappa shape index (κ2) is 6.62. The van der Waals surface area contributed by atoms with Gasteiger partial charge in [0.05, 0.1) is 12.9 Å². The summed E-state index contributed by atoms with van der Waals surface area (Å²) in [5, 5.41) is 0. The van der Waals surface area contributed by atoms with Crippen molar-refractivity contribution >= 4 is 6.09 Å². The fourth-order valence-corrected chi connectivity index (χ4v) is 2.63. The van der Waals surface area contributed by atoms with Crippen molar-refractivity contribution in [2.45, 2.75) is 25.4 Å². The SMILES string of the molecule is [C-]#[N+]C1(N2CCN(C(=O)OCC)CC2)CCC=COC1. The molecule has 0 N–H and O–H groups in total. The molecule has 6 nitrogen and oxygen atoms in total. The zero-order valence-corrected chi connectivity index (χ0v) is 11.9. The van der Waals surface area contributed by atoms with Crippen LogP contribution in [0.5, 0.6) is 0 Å². The van der Waals surface area contributed by atoms with Crippen LogP contribution in [-0.2, 0) is 9.47 Å². The van der Waals surface area contributed by atoms with Crippen molar-refractivity contribution in [3.8, 4) is 0 Å². The van der Waals surface area contributed by atoms with Crippen LogP contribution in [0, 0.1) is 6.57 Å². The number of allylic oxidation sites excluding steroid dienone is 1. The van der Waals surface area contributed by atoms with Gasteiger partial charge >= 0.3 is 11.8 Å². The van der Waals surface area contributed by atoms with E-state index in [2.05, 4.69) is 9.74 Å². The van der Waals surface area contributed by atoms with Crippen LogP contribution in [0.15, 0.2) is 12.3 Å². The third-order valence-corrected chi connectivity index (χ3v) is 3.82. The average molecular weight is 279 g/mol. The molecule has 0 aromatic heterocycles. The van der Waals surface area contributed by atoms with Crippen molar-refractivity contribution < 1.29 is 14.3 Å². The van der Waals surface area contributed by atoms with E-state index in [1.54, 1.807) is 18.1 Å². The maximum atomic E-state index is 11.7. The van der Waals surface area contributed by atoms with E-state index in [1.165, 1.54) is 0 Å². The first kappa shape index (κ1) is 14.7. The number of ether oxygens (including phenoxy) is 2. The van der Waals surface area contributed by atoms with Crippen LogP contribution in [-0.4, -0.2) is 60.9 Å². The lowest BCUT2D eigenvalue weighted by atomic mass is 10.0. The summed E-state index contributed by atoms with van der Waals surface area (Å²) in [6.45, 7) is 12.7. The molecule has 0 saturated carbocycles. The molecule has 6 heteroatoms. The molecule has 0 aliphatic carbocycles. The molecule has 2 heterocycles. The standard InChI is InChI=1S/C14H21N3O3/c1-3-20-13(18)16-7-9-17(10-8-16)14(15-2)6-4-5-11-19-12-14/h5,11H,3-4,6-10,12H2,1H3. The number of amides is 1. The summed E-state index contributed by atoms with van der Waals surface area (Å²) < 4.78 is 10.4. The fraction of sp³-hybridized carbons (Fsp3) is 0.714. The third-order valence-electron chi connectivity index (χ3n) is 3.82. The molecule has 2 aliphatic rings. The predicted molar refractivity (Wildman–Crippen MR) is 73.8 cm³/mol. The molecule has 0 bridgehead atoms. The van der Waals surface area contributed by atoms with Gasteiger partial charge in [0.2, 0.25) is 0 Å². The minimum absolute atomic E-state index is 0.261. The molecule has 0 aromatic rings. The van der Waals surface area contributed by atoms with Crippen molar-refractivity contribution in [1.82, 2.24) is 9.80 Å². The van der Waals surface area contributed by atoms with Crippen molar-refractivity contribution in [1.29, 1.82) is 0 Å². The Morgan fingerprint density at radius 2 is 2.20 bits per heavy atom. The van der Waals surface area contributed by atoms with Crippen molar-refractivity contribution in [3.63, 3.8) is 0 Å². The highest BCUT2D eigenvalue weighted by atomic mass is 16.6. The molecule has 1 amide bonds. The molecule has 0 spiro atoms. The van der Waals surface area contributed by atoms with E-state index < -0.39 is 5.66 Å². The summed E-state index contributed by atoms with van der Waals surface area (Å²) in [5.74, 6) is 0. The van der Waals surface area contributed by atoms with Crippen LogP contribution in [0.1, 0.15) is 19.8 Å². The van der Waals surface area contributed by atoms with Gasteiger partial charge in [-0.15, -0.1) is 0 Å². The predicted octanol–water partition coefficient (Wildman–Crippen LogP) is 1.70. The van der Waals surface area contributed by atoms with Gasteiger partial charge in [0.1, 0.15) is 0 Å². The molecule has 1 fully saturated rings. The van der Waals surface area contributed by atoms with E-state index in [4.69, 9.17) is 16.0 Å². The Balaban J connectivity index is 1.95. The number of nitrogens with zero attached hydrogens (tertiary/aromatic N) is 3. The van der Waals surface area contributed by atoms with Crippen molar-refractivity contribution in [2.75, 3.05) is 39.4 Å². The van der Waals surface area contributed by atoms with Crippen LogP contribution in [0.4, 0.5) is 4.79 Å². The van der Waals surface area contributed by atoms with E-state index in [0.717, 1.165) is 12.8 Å². The molecule has 1 unspecified atom stereocenters. The Bertz CT molecular complexity index is 398. The van der Waals surface area contributed by atoms with Crippen LogP contribution >= 0.6 is 0 Å². The topological polar surface area (TPSA) is 46.4 Å². The Hall–Kier alpha value is -1.74. The normalized spacial score (nSPS) is 27.3. The number of piperazine rings is 1. The van der Waals surface area contributed by atoms with Gasteiger partial charge < -0.3 is 14.4 Å². The van der Waals surface area contributed by atoms with Crippen LogP contribution in [0.2, 0.25) is 0 Å². The van der Waals surface area contributed by atoms with Gasteiger partial charge in [-0.05, 0) is 19.4 Å². The van der Waals surface area contributed by atoms with E-state index in [-0.39, 0.29) is 6.09 Å². The zero-order valence-electron chi connectivity index (χ0n) is 11.9. The Labute approximate surface area is 119 Å². The highest BCUT2D eigenvalue weighted by Gasteiger charge is 2.45. The molecule has 0 radical (unpaired) electrons. The Morgan fingerprint density at radius 3 is 2.85 bits per heavy atom. The molecule has 110 valence electrons. The second-order valence-electron chi connectivity index (χ2n) is 4.99. The van der Waals surface area contributed by atoms with Crippen molar-refractivity contribution in [3.05, 3.63) is 23.8 Å². The second-order valence-corrected chi connectivity index (χ2v) is 4.99. The van der Waals surface area contributed by atoms with E-state index >= 15 is 0 Å².